The first-order valence-corrected chi connectivity index (χ1v) is 4.13. The maximum atomic E-state index is 13.0. The topological polar surface area (TPSA) is 26.0 Å². The molecule has 3 heteroatoms. The molecule has 1 atom stereocenters. The highest BCUT2D eigenvalue weighted by Crippen LogP contribution is 2.25. The zero-order chi connectivity index (χ0) is 9.14. The van der Waals surface area contributed by atoms with E-state index in [2.05, 4.69) is 0 Å². The minimum absolute atomic E-state index is 0.0250. The molecule has 1 aromatic rings. The van der Waals surface area contributed by atoms with Crippen LogP contribution in [0.5, 0.6) is 0 Å². The van der Waals surface area contributed by atoms with Gasteiger partial charge in [-0.05, 0) is 18.6 Å². The van der Waals surface area contributed by atoms with Crippen molar-refractivity contribution in [2.75, 3.05) is 6.54 Å². The molecule has 0 aliphatic heterocycles. The number of alkyl halides is 1. The predicted molar refractivity (Wildman–Crippen MR) is 49.1 cm³/mol. The fourth-order valence-electron chi connectivity index (χ4n) is 1.01. The molecule has 0 fully saturated rings. The van der Waals surface area contributed by atoms with E-state index in [1.54, 1.807) is 12.1 Å². The molecule has 1 aromatic carbocycles. The van der Waals surface area contributed by atoms with E-state index in [1.807, 2.05) is 13.0 Å². The van der Waals surface area contributed by atoms with Gasteiger partial charge < -0.3 is 5.73 Å². The summed E-state index contributed by atoms with van der Waals surface area (Å²) in [6, 6.07) is 5.23. The minimum Gasteiger partial charge on any atom is -0.327 e. The molecule has 2 N–H and O–H groups in total. The van der Waals surface area contributed by atoms with Crippen LogP contribution in [0.3, 0.4) is 0 Å². The van der Waals surface area contributed by atoms with Crippen LogP contribution in [-0.4, -0.2) is 6.54 Å². The number of hydrogen-bond acceptors (Lipinski definition) is 1. The van der Waals surface area contributed by atoms with E-state index in [1.165, 1.54) is 0 Å². The molecular formula is C9H11ClFN. The van der Waals surface area contributed by atoms with Crippen molar-refractivity contribution < 1.29 is 4.39 Å². The summed E-state index contributed by atoms with van der Waals surface area (Å²) in [4.78, 5) is 0. The zero-order valence-corrected chi connectivity index (χ0v) is 7.61. The molecule has 0 aliphatic rings. The first kappa shape index (κ1) is 9.49. The number of rotatable bonds is 2. The Bertz CT molecular complexity index is 275. The SMILES string of the molecule is Cc1ccc(C(F)CN)c(Cl)c1. The Morgan fingerprint density at radius 1 is 1.58 bits per heavy atom. The van der Waals surface area contributed by atoms with E-state index in [0.29, 0.717) is 10.6 Å². The number of benzene rings is 1. The fourth-order valence-corrected chi connectivity index (χ4v) is 1.37. The Hall–Kier alpha value is -0.600. The third-order valence-electron chi connectivity index (χ3n) is 1.70. The van der Waals surface area contributed by atoms with Crippen molar-refractivity contribution in [1.82, 2.24) is 0 Å². The lowest BCUT2D eigenvalue weighted by Gasteiger charge is -2.07. The maximum Gasteiger partial charge on any atom is 0.139 e. The van der Waals surface area contributed by atoms with Crippen LogP contribution in [0.2, 0.25) is 5.02 Å². The number of nitrogens with two attached hydrogens (primary N) is 1. The quantitative estimate of drug-likeness (QED) is 0.757. The molecular weight excluding hydrogens is 177 g/mol. The van der Waals surface area contributed by atoms with Crippen LogP contribution in [-0.2, 0) is 0 Å². The molecule has 0 aromatic heterocycles. The first-order valence-electron chi connectivity index (χ1n) is 3.75. The minimum atomic E-state index is -1.15. The normalized spacial score (nSPS) is 13.0. The molecule has 0 amide bonds. The summed E-state index contributed by atoms with van der Waals surface area (Å²) in [5.74, 6) is 0. The van der Waals surface area contributed by atoms with Crippen molar-refractivity contribution in [2.24, 2.45) is 5.73 Å². The van der Waals surface area contributed by atoms with Gasteiger partial charge in [-0.25, -0.2) is 4.39 Å². The average Bonchev–Trinajstić information content (AvgIpc) is 2.03. The maximum absolute atomic E-state index is 13.0. The molecule has 66 valence electrons. The van der Waals surface area contributed by atoms with Gasteiger partial charge in [-0.3, -0.25) is 0 Å². The van der Waals surface area contributed by atoms with Crippen LogP contribution in [0.4, 0.5) is 4.39 Å². The van der Waals surface area contributed by atoms with Crippen LogP contribution in [0.25, 0.3) is 0 Å². The summed E-state index contributed by atoms with van der Waals surface area (Å²) in [5, 5.41) is 0.452. The van der Waals surface area contributed by atoms with Crippen LogP contribution in [0.1, 0.15) is 17.3 Å². The Morgan fingerprint density at radius 2 is 2.25 bits per heavy atom. The van der Waals surface area contributed by atoms with Crippen molar-refractivity contribution in [3.05, 3.63) is 34.3 Å². The molecule has 12 heavy (non-hydrogen) atoms. The number of hydrogen-bond donors (Lipinski definition) is 1. The Kier molecular flexibility index (Phi) is 3.06. The van der Waals surface area contributed by atoms with E-state index < -0.39 is 6.17 Å². The van der Waals surface area contributed by atoms with Gasteiger partial charge in [0.2, 0.25) is 0 Å². The lowest BCUT2D eigenvalue weighted by atomic mass is 10.1. The van der Waals surface area contributed by atoms with E-state index in [4.69, 9.17) is 17.3 Å². The van der Waals surface area contributed by atoms with Gasteiger partial charge in [0.15, 0.2) is 0 Å². The highest BCUT2D eigenvalue weighted by atomic mass is 35.5. The molecule has 0 saturated carbocycles. The molecule has 0 heterocycles. The second-order valence-corrected chi connectivity index (χ2v) is 3.14. The van der Waals surface area contributed by atoms with Gasteiger partial charge >= 0.3 is 0 Å². The standard InChI is InChI=1S/C9H11ClFN/c1-6-2-3-7(8(10)4-6)9(11)5-12/h2-4,9H,5,12H2,1H3. The summed E-state index contributed by atoms with van der Waals surface area (Å²) < 4.78 is 13.0. The van der Waals surface area contributed by atoms with Gasteiger partial charge in [0.1, 0.15) is 6.17 Å². The molecule has 0 spiro atoms. The Labute approximate surface area is 76.3 Å². The molecule has 0 saturated heterocycles. The fraction of sp³-hybridized carbons (Fsp3) is 0.333. The lowest BCUT2D eigenvalue weighted by Crippen LogP contribution is -2.08. The lowest BCUT2D eigenvalue weighted by molar-refractivity contribution is 0.353. The second-order valence-electron chi connectivity index (χ2n) is 2.73. The van der Waals surface area contributed by atoms with Gasteiger partial charge in [-0.15, -0.1) is 0 Å². The highest BCUT2D eigenvalue weighted by Gasteiger charge is 2.10. The van der Waals surface area contributed by atoms with Crippen LogP contribution >= 0.6 is 11.6 Å². The molecule has 0 aliphatic carbocycles. The summed E-state index contributed by atoms with van der Waals surface area (Å²) in [6.07, 6.45) is -1.15. The van der Waals surface area contributed by atoms with Crippen molar-refractivity contribution in [1.29, 1.82) is 0 Å². The first-order chi connectivity index (χ1) is 5.65. The number of aryl methyl sites for hydroxylation is 1. The molecule has 1 unspecified atom stereocenters. The van der Waals surface area contributed by atoms with Gasteiger partial charge in [0, 0.05) is 17.1 Å². The van der Waals surface area contributed by atoms with Crippen LogP contribution in [0.15, 0.2) is 18.2 Å². The smallest absolute Gasteiger partial charge is 0.139 e. The monoisotopic (exact) mass is 187 g/mol. The van der Waals surface area contributed by atoms with Crippen LogP contribution < -0.4 is 5.73 Å². The van der Waals surface area contributed by atoms with E-state index in [0.717, 1.165) is 5.56 Å². The average molecular weight is 188 g/mol. The third-order valence-corrected chi connectivity index (χ3v) is 2.03. The van der Waals surface area contributed by atoms with E-state index in [-0.39, 0.29) is 6.54 Å². The summed E-state index contributed by atoms with van der Waals surface area (Å²) in [6.45, 7) is 1.88. The number of halogens is 2. The van der Waals surface area contributed by atoms with E-state index in [9.17, 15) is 4.39 Å². The summed E-state index contributed by atoms with van der Waals surface area (Å²) in [7, 11) is 0. The summed E-state index contributed by atoms with van der Waals surface area (Å²) >= 11 is 5.81. The molecule has 0 bridgehead atoms. The Morgan fingerprint density at radius 3 is 2.75 bits per heavy atom. The van der Waals surface area contributed by atoms with Gasteiger partial charge in [-0.2, -0.15) is 0 Å². The zero-order valence-electron chi connectivity index (χ0n) is 6.85. The Balaban J connectivity index is 3.01. The van der Waals surface area contributed by atoms with Crippen molar-refractivity contribution in [2.45, 2.75) is 13.1 Å². The van der Waals surface area contributed by atoms with Crippen molar-refractivity contribution in [3.8, 4) is 0 Å². The predicted octanol–water partition coefficient (Wildman–Crippen LogP) is 2.62. The highest BCUT2D eigenvalue weighted by molar-refractivity contribution is 6.31. The van der Waals surface area contributed by atoms with Crippen molar-refractivity contribution >= 4 is 11.6 Å². The molecule has 0 radical (unpaired) electrons. The molecule has 1 rings (SSSR count). The third kappa shape index (κ3) is 1.96. The van der Waals surface area contributed by atoms with E-state index >= 15 is 0 Å². The van der Waals surface area contributed by atoms with Gasteiger partial charge in [0.25, 0.3) is 0 Å². The van der Waals surface area contributed by atoms with Crippen molar-refractivity contribution in [3.63, 3.8) is 0 Å². The summed E-state index contributed by atoms with van der Waals surface area (Å²) in [5.41, 5.74) is 6.68. The van der Waals surface area contributed by atoms with Gasteiger partial charge in [-0.1, -0.05) is 23.7 Å². The second kappa shape index (κ2) is 3.87. The molecule has 1 nitrogen and oxygen atoms in total. The van der Waals surface area contributed by atoms with Gasteiger partial charge in [0.05, 0.1) is 0 Å². The largest absolute Gasteiger partial charge is 0.327 e. The van der Waals surface area contributed by atoms with Crippen LogP contribution in [0, 0.1) is 6.92 Å².